The summed E-state index contributed by atoms with van der Waals surface area (Å²) in [6.45, 7) is 0. The van der Waals surface area contributed by atoms with Crippen LogP contribution in [0.15, 0.2) is 18.2 Å². The van der Waals surface area contributed by atoms with E-state index in [1.54, 1.807) is 0 Å². The predicted octanol–water partition coefficient (Wildman–Crippen LogP) is 4.12. The number of hydrogen-bond donors (Lipinski definition) is 1. The normalized spacial score (nSPS) is 14.7. The van der Waals surface area contributed by atoms with Crippen LogP contribution in [0.25, 0.3) is 0 Å². The van der Waals surface area contributed by atoms with Gasteiger partial charge in [0.25, 0.3) is 0 Å². The van der Waals surface area contributed by atoms with Crippen LogP contribution < -0.4 is 0 Å². The van der Waals surface area contributed by atoms with Gasteiger partial charge in [0, 0.05) is 11.4 Å². The Morgan fingerprint density at radius 2 is 1.55 bits per heavy atom. The molecule has 1 aromatic rings. The number of hydrogen-bond acceptors (Lipinski definition) is 1. The highest BCUT2D eigenvalue weighted by atomic mass is 35.5. The van der Waals surface area contributed by atoms with Crippen molar-refractivity contribution in [3.63, 3.8) is 0 Å². The molecule has 0 spiro atoms. The Hall–Kier alpha value is -1.02. The summed E-state index contributed by atoms with van der Waals surface area (Å²) in [6.07, 6.45) is -15.1. The summed E-state index contributed by atoms with van der Waals surface area (Å²) in [6, 6.07) is 2.48. The first-order valence-corrected chi connectivity index (χ1v) is 5.56. The van der Waals surface area contributed by atoms with Crippen LogP contribution in [-0.4, -0.2) is 23.6 Å². The molecule has 0 saturated heterocycles. The van der Waals surface area contributed by atoms with Crippen molar-refractivity contribution >= 4 is 11.6 Å². The van der Waals surface area contributed by atoms with Gasteiger partial charge in [-0.05, 0) is 17.7 Å². The fourth-order valence-corrected chi connectivity index (χ4v) is 1.90. The largest absolute Gasteiger partial charge is 0.403 e. The summed E-state index contributed by atoms with van der Waals surface area (Å²) in [7, 11) is 0. The van der Waals surface area contributed by atoms with Gasteiger partial charge in [-0.2, -0.15) is 26.3 Å². The lowest BCUT2D eigenvalue weighted by molar-refractivity contribution is -0.305. The van der Waals surface area contributed by atoms with Crippen molar-refractivity contribution in [3.8, 4) is 0 Å². The third-order valence-electron chi connectivity index (χ3n) is 2.53. The Labute approximate surface area is 114 Å². The van der Waals surface area contributed by atoms with Crippen molar-refractivity contribution in [1.29, 1.82) is 0 Å². The molecule has 1 nitrogen and oxygen atoms in total. The number of halogens is 8. The molecule has 0 aliphatic carbocycles. The maximum Gasteiger partial charge on any atom is 0.403 e. The van der Waals surface area contributed by atoms with Crippen molar-refractivity contribution in [3.05, 3.63) is 34.6 Å². The second kappa shape index (κ2) is 5.77. The lowest BCUT2D eigenvalue weighted by Gasteiger charge is -2.27. The van der Waals surface area contributed by atoms with E-state index in [1.807, 2.05) is 0 Å². The molecule has 1 atom stereocenters. The highest BCUT2D eigenvalue weighted by Gasteiger charge is 2.60. The second-order valence-electron chi connectivity index (χ2n) is 4.07. The first-order valence-electron chi connectivity index (χ1n) is 5.18. The van der Waals surface area contributed by atoms with Crippen LogP contribution >= 0.6 is 11.6 Å². The Bertz CT molecular complexity index is 455. The molecule has 0 heterocycles. The molecule has 0 radical (unpaired) electrons. The average molecular weight is 325 g/mol. The minimum Gasteiger partial charge on any atom is -0.392 e. The van der Waals surface area contributed by atoms with Crippen LogP contribution in [0.4, 0.5) is 30.7 Å². The molecule has 0 aliphatic rings. The molecule has 0 bridgehead atoms. The van der Waals surface area contributed by atoms with Gasteiger partial charge in [0.15, 0.2) is 5.92 Å². The molecule has 114 valence electrons. The van der Waals surface area contributed by atoms with Crippen molar-refractivity contribution in [2.45, 2.75) is 24.9 Å². The van der Waals surface area contributed by atoms with Crippen molar-refractivity contribution in [2.24, 2.45) is 5.92 Å². The van der Waals surface area contributed by atoms with Crippen LogP contribution in [0.2, 0.25) is 5.02 Å². The van der Waals surface area contributed by atoms with Crippen molar-refractivity contribution in [2.75, 3.05) is 0 Å². The third-order valence-corrected chi connectivity index (χ3v) is 2.89. The van der Waals surface area contributed by atoms with Gasteiger partial charge in [-0.3, -0.25) is 0 Å². The highest BCUT2D eigenvalue weighted by molar-refractivity contribution is 6.31. The molecule has 1 unspecified atom stereocenters. The minimum absolute atomic E-state index is 0.209. The highest BCUT2D eigenvalue weighted by Crippen LogP contribution is 2.42. The summed E-state index contributed by atoms with van der Waals surface area (Å²) >= 11 is 5.49. The fourth-order valence-electron chi connectivity index (χ4n) is 1.65. The average Bonchev–Trinajstić information content (AvgIpc) is 2.17. The quantitative estimate of drug-likeness (QED) is 0.829. The summed E-state index contributed by atoms with van der Waals surface area (Å²) in [5, 5.41) is 8.88. The van der Waals surface area contributed by atoms with E-state index in [2.05, 4.69) is 0 Å². The molecule has 0 saturated carbocycles. The summed E-state index contributed by atoms with van der Waals surface area (Å²) < 4.78 is 86.9. The van der Waals surface area contributed by atoms with Crippen LogP contribution in [0.5, 0.6) is 0 Å². The van der Waals surface area contributed by atoms with Gasteiger partial charge in [0.05, 0.1) is 6.10 Å². The summed E-state index contributed by atoms with van der Waals surface area (Å²) in [4.78, 5) is 0. The molecular formula is C11H8ClF7O. The van der Waals surface area contributed by atoms with Gasteiger partial charge in [-0.1, -0.05) is 17.7 Å². The predicted molar refractivity (Wildman–Crippen MR) is 56.7 cm³/mol. The lowest BCUT2D eigenvalue weighted by atomic mass is 9.95. The van der Waals surface area contributed by atoms with E-state index in [0.29, 0.717) is 0 Å². The van der Waals surface area contributed by atoms with Crippen LogP contribution in [0, 0.1) is 11.7 Å². The fraction of sp³-hybridized carbons (Fsp3) is 0.455. The molecule has 0 aromatic heterocycles. The molecular weight excluding hydrogens is 317 g/mol. The first-order chi connectivity index (χ1) is 8.93. The molecule has 9 heteroatoms. The Balaban J connectivity index is 3.00. The van der Waals surface area contributed by atoms with Crippen molar-refractivity contribution < 1.29 is 35.8 Å². The number of benzene rings is 1. The minimum atomic E-state index is -5.65. The van der Waals surface area contributed by atoms with Crippen LogP contribution in [0.3, 0.4) is 0 Å². The SMILES string of the molecule is OC(Cc1ccc(F)cc1Cl)C(C(F)(F)F)C(F)(F)F. The Morgan fingerprint density at radius 1 is 1.05 bits per heavy atom. The monoisotopic (exact) mass is 324 g/mol. The van der Waals surface area contributed by atoms with Gasteiger partial charge in [-0.15, -0.1) is 0 Å². The molecule has 0 fully saturated rings. The van der Waals surface area contributed by atoms with Gasteiger partial charge in [0.1, 0.15) is 5.82 Å². The smallest absolute Gasteiger partial charge is 0.392 e. The van der Waals surface area contributed by atoms with Gasteiger partial charge >= 0.3 is 12.4 Å². The topological polar surface area (TPSA) is 20.2 Å². The second-order valence-corrected chi connectivity index (χ2v) is 4.48. The standard InChI is InChI=1S/C11H8ClF7O/c12-7-4-6(13)2-1-5(7)3-8(20)9(10(14,15)16)11(17,18)19/h1-2,4,8-9,20H,3H2. The van der Waals surface area contributed by atoms with Crippen molar-refractivity contribution in [1.82, 2.24) is 0 Å². The molecule has 0 amide bonds. The van der Waals surface area contributed by atoms with Gasteiger partial charge < -0.3 is 5.11 Å². The van der Waals surface area contributed by atoms with E-state index >= 15 is 0 Å². The van der Waals surface area contributed by atoms with E-state index < -0.39 is 36.6 Å². The number of rotatable bonds is 3. The zero-order valence-corrected chi connectivity index (χ0v) is 10.3. The van der Waals surface area contributed by atoms with Crippen LogP contribution in [0.1, 0.15) is 5.56 Å². The summed E-state index contributed by atoms with van der Waals surface area (Å²) in [5.41, 5.74) is -0.209. The first kappa shape index (κ1) is 17.0. The Morgan fingerprint density at radius 3 is 1.95 bits per heavy atom. The lowest BCUT2D eigenvalue weighted by Crippen LogP contribution is -2.45. The molecule has 1 rings (SSSR count). The van der Waals surface area contributed by atoms with Crippen LogP contribution in [-0.2, 0) is 6.42 Å². The number of alkyl halides is 6. The maximum absolute atomic E-state index is 12.7. The Kier molecular flexibility index (Phi) is 4.91. The van der Waals surface area contributed by atoms with Gasteiger partial charge in [-0.25, -0.2) is 4.39 Å². The van der Waals surface area contributed by atoms with E-state index in [4.69, 9.17) is 11.6 Å². The molecule has 20 heavy (non-hydrogen) atoms. The van der Waals surface area contributed by atoms with E-state index in [0.717, 1.165) is 18.2 Å². The maximum atomic E-state index is 12.7. The third kappa shape index (κ3) is 4.24. The van der Waals surface area contributed by atoms with E-state index in [9.17, 15) is 35.8 Å². The number of aliphatic hydroxyl groups is 1. The number of aliphatic hydroxyl groups excluding tert-OH is 1. The summed E-state index contributed by atoms with van der Waals surface area (Å²) in [5.74, 6) is -4.69. The molecule has 1 aromatic carbocycles. The zero-order chi connectivity index (χ0) is 15.7. The molecule has 1 N–H and O–H groups in total. The van der Waals surface area contributed by atoms with E-state index in [-0.39, 0.29) is 10.6 Å². The zero-order valence-electron chi connectivity index (χ0n) is 9.56. The van der Waals surface area contributed by atoms with Gasteiger partial charge in [0.2, 0.25) is 0 Å². The molecule has 0 aliphatic heterocycles. The van der Waals surface area contributed by atoms with E-state index in [1.165, 1.54) is 0 Å².